The van der Waals surface area contributed by atoms with E-state index in [1.807, 2.05) is 0 Å². The largest absolute Gasteiger partial charge is 0.455 e. The molecule has 0 bridgehead atoms. The summed E-state index contributed by atoms with van der Waals surface area (Å²) in [6, 6.07) is 5.35. The second-order valence-electron chi connectivity index (χ2n) is 5.73. The maximum absolute atomic E-state index is 11.6. The van der Waals surface area contributed by atoms with Crippen molar-refractivity contribution < 1.29 is 23.8 Å². The highest BCUT2D eigenvalue weighted by Gasteiger charge is 2.22. The van der Waals surface area contributed by atoms with Crippen LogP contribution in [0, 0.1) is 5.41 Å². The molecule has 1 aliphatic rings. The number of carbonyl (C=O) groups excluding carboxylic acids is 2. The summed E-state index contributed by atoms with van der Waals surface area (Å²) in [5, 5.41) is 0. The molecule has 0 saturated heterocycles. The topological polar surface area (TPSA) is 61.8 Å². The van der Waals surface area contributed by atoms with E-state index in [0.29, 0.717) is 11.5 Å². The second-order valence-corrected chi connectivity index (χ2v) is 5.73. The lowest BCUT2D eigenvalue weighted by Crippen LogP contribution is -2.25. The Hall–Kier alpha value is -2.30. The molecule has 1 aromatic rings. The highest BCUT2D eigenvalue weighted by atomic mass is 16.7. The average Bonchev–Trinajstić information content (AvgIpc) is 2.88. The van der Waals surface area contributed by atoms with Crippen LogP contribution in [-0.4, -0.2) is 25.2 Å². The predicted octanol–water partition coefficient (Wildman–Crippen LogP) is 2.59. The maximum atomic E-state index is 11.6. The Morgan fingerprint density at radius 3 is 2.67 bits per heavy atom. The zero-order chi connectivity index (χ0) is 15.5. The normalized spacial score (nSPS) is 13.5. The van der Waals surface area contributed by atoms with Gasteiger partial charge in [-0.05, 0) is 23.8 Å². The molecule has 0 unspecified atom stereocenters. The van der Waals surface area contributed by atoms with Gasteiger partial charge in [0.15, 0.2) is 23.9 Å². The molecule has 0 spiro atoms. The summed E-state index contributed by atoms with van der Waals surface area (Å²) in [6.45, 7) is 5.34. The van der Waals surface area contributed by atoms with E-state index < -0.39 is 11.4 Å². The fraction of sp³-hybridized carbons (Fsp3) is 0.375. The maximum Gasteiger partial charge on any atom is 0.331 e. The molecule has 5 nitrogen and oxygen atoms in total. The number of carbonyl (C=O) groups is 2. The number of rotatable bonds is 4. The highest BCUT2D eigenvalue weighted by molar-refractivity contribution is 5.91. The number of hydrogen-bond donors (Lipinski definition) is 0. The quantitative estimate of drug-likeness (QED) is 0.630. The number of ketones is 1. The lowest BCUT2D eigenvalue weighted by molar-refractivity contribution is -0.145. The Balaban J connectivity index is 1.89. The van der Waals surface area contributed by atoms with Crippen molar-refractivity contribution in [2.45, 2.75) is 20.8 Å². The molecular weight excluding hydrogens is 272 g/mol. The van der Waals surface area contributed by atoms with E-state index in [2.05, 4.69) is 0 Å². The molecule has 0 aliphatic carbocycles. The number of hydrogen-bond acceptors (Lipinski definition) is 5. The van der Waals surface area contributed by atoms with Gasteiger partial charge >= 0.3 is 5.97 Å². The second kappa shape index (κ2) is 5.99. The molecule has 0 radical (unpaired) electrons. The van der Waals surface area contributed by atoms with E-state index in [4.69, 9.17) is 14.2 Å². The third kappa shape index (κ3) is 4.08. The van der Waals surface area contributed by atoms with E-state index in [0.717, 1.165) is 5.56 Å². The minimum absolute atomic E-state index is 0.118. The molecule has 0 fully saturated rings. The smallest absolute Gasteiger partial charge is 0.331 e. The molecule has 112 valence electrons. The minimum Gasteiger partial charge on any atom is -0.455 e. The van der Waals surface area contributed by atoms with E-state index in [9.17, 15) is 9.59 Å². The van der Waals surface area contributed by atoms with Crippen molar-refractivity contribution in [2.75, 3.05) is 13.4 Å². The van der Waals surface area contributed by atoms with Crippen LogP contribution in [-0.2, 0) is 14.3 Å². The molecule has 5 heteroatoms. The van der Waals surface area contributed by atoms with Gasteiger partial charge in [0.1, 0.15) is 0 Å². The zero-order valence-electron chi connectivity index (χ0n) is 12.3. The summed E-state index contributed by atoms with van der Waals surface area (Å²) < 4.78 is 15.4. The van der Waals surface area contributed by atoms with Gasteiger partial charge < -0.3 is 14.2 Å². The Bertz CT molecular complexity index is 581. The number of ether oxygens (including phenoxy) is 3. The molecule has 0 saturated carbocycles. The first-order valence-electron chi connectivity index (χ1n) is 6.64. The Kier molecular flexibility index (Phi) is 4.31. The summed E-state index contributed by atoms with van der Waals surface area (Å²) in [6.07, 6.45) is 2.89. The predicted molar refractivity (Wildman–Crippen MR) is 77.0 cm³/mol. The molecule has 0 N–H and O–H groups in total. The molecule has 1 aliphatic heterocycles. The molecule has 21 heavy (non-hydrogen) atoms. The van der Waals surface area contributed by atoms with Gasteiger partial charge in [0.2, 0.25) is 6.79 Å². The third-order valence-corrected chi connectivity index (χ3v) is 2.99. The summed E-state index contributed by atoms with van der Waals surface area (Å²) in [4.78, 5) is 23.2. The molecular formula is C16H18O5. The van der Waals surface area contributed by atoms with Crippen LogP contribution in [0.4, 0.5) is 0 Å². The fourth-order valence-corrected chi connectivity index (χ4v) is 1.58. The first kappa shape index (κ1) is 15.1. The van der Waals surface area contributed by atoms with Crippen LogP contribution in [0.1, 0.15) is 26.3 Å². The van der Waals surface area contributed by atoms with E-state index in [-0.39, 0.29) is 19.2 Å². The summed E-state index contributed by atoms with van der Waals surface area (Å²) in [5.74, 6) is 0.663. The molecule has 1 heterocycles. The fourth-order valence-electron chi connectivity index (χ4n) is 1.58. The summed E-state index contributed by atoms with van der Waals surface area (Å²) >= 11 is 0. The lowest BCUT2D eigenvalue weighted by Gasteiger charge is -2.15. The van der Waals surface area contributed by atoms with Crippen molar-refractivity contribution in [1.29, 1.82) is 0 Å². The molecule has 0 atom stereocenters. The number of fused-ring (bicyclic) bond motifs is 1. The molecule has 1 aromatic carbocycles. The van der Waals surface area contributed by atoms with Crippen LogP contribution in [0.3, 0.4) is 0 Å². The first-order chi connectivity index (χ1) is 9.86. The zero-order valence-corrected chi connectivity index (χ0v) is 12.3. The van der Waals surface area contributed by atoms with Crippen LogP contribution < -0.4 is 9.47 Å². The van der Waals surface area contributed by atoms with Crippen molar-refractivity contribution in [1.82, 2.24) is 0 Å². The third-order valence-electron chi connectivity index (χ3n) is 2.99. The van der Waals surface area contributed by atoms with Crippen molar-refractivity contribution in [2.24, 2.45) is 5.41 Å². The lowest BCUT2D eigenvalue weighted by atomic mass is 9.91. The van der Waals surface area contributed by atoms with E-state index in [1.54, 1.807) is 45.0 Å². The van der Waals surface area contributed by atoms with Gasteiger partial charge in [-0.1, -0.05) is 26.8 Å². The van der Waals surface area contributed by atoms with Crippen molar-refractivity contribution >= 4 is 17.8 Å². The van der Waals surface area contributed by atoms with Crippen LogP contribution in [0.25, 0.3) is 6.08 Å². The summed E-state index contributed by atoms with van der Waals surface area (Å²) in [5.41, 5.74) is 0.278. The standard InChI is InChI=1S/C16H18O5/c1-16(2,3)14(17)9-19-15(18)7-5-11-4-6-12-13(8-11)21-10-20-12/h4-8H,9-10H2,1-3H3/b7-5+. The van der Waals surface area contributed by atoms with Gasteiger partial charge in [-0.25, -0.2) is 4.79 Å². The van der Waals surface area contributed by atoms with Gasteiger partial charge in [0, 0.05) is 11.5 Å². The molecule has 2 rings (SSSR count). The van der Waals surface area contributed by atoms with Gasteiger partial charge in [-0.15, -0.1) is 0 Å². The monoisotopic (exact) mass is 290 g/mol. The van der Waals surface area contributed by atoms with Crippen LogP contribution in [0.2, 0.25) is 0 Å². The van der Waals surface area contributed by atoms with Gasteiger partial charge in [0.25, 0.3) is 0 Å². The van der Waals surface area contributed by atoms with Crippen LogP contribution in [0.15, 0.2) is 24.3 Å². The molecule has 0 amide bonds. The number of Topliss-reactive ketones (excluding diaryl/α,β-unsaturated/α-hetero) is 1. The van der Waals surface area contributed by atoms with E-state index in [1.165, 1.54) is 6.08 Å². The van der Waals surface area contributed by atoms with Crippen molar-refractivity contribution in [3.63, 3.8) is 0 Å². The van der Waals surface area contributed by atoms with E-state index >= 15 is 0 Å². The van der Waals surface area contributed by atoms with Crippen molar-refractivity contribution in [3.8, 4) is 11.5 Å². The van der Waals surface area contributed by atoms with Crippen molar-refractivity contribution in [3.05, 3.63) is 29.8 Å². The summed E-state index contributed by atoms with van der Waals surface area (Å²) in [7, 11) is 0. The van der Waals surface area contributed by atoms with Crippen LogP contribution >= 0.6 is 0 Å². The SMILES string of the molecule is CC(C)(C)C(=O)COC(=O)/C=C/c1ccc2c(c1)OCO2. The Morgan fingerprint density at radius 2 is 1.95 bits per heavy atom. The van der Waals surface area contributed by atoms with Crippen LogP contribution in [0.5, 0.6) is 11.5 Å². The van der Waals surface area contributed by atoms with Gasteiger partial charge in [-0.2, -0.15) is 0 Å². The van der Waals surface area contributed by atoms with Gasteiger partial charge in [-0.3, -0.25) is 4.79 Å². The first-order valence-corrected chi connectivity index (χ1v) is 6.64. The van der Waals surface area contributed by atoms with Gasteiger partial charge in [0.05, 0.1) is 0 Å². The molecule has 0 aromatic heterocycles. The Morgan fingerprint density at radius 1 is 1.24 bits per heavy atom. The number of esters is 1. The number of benzene rings is 1. The Labute approximate surface area is 123 Å². The highest BCUT2D eigenvalue weighted by Crippen LogP contribution is 2.32. The minimum atomic E-state index is -0.551. The average molecular weight is 290 g/mol.